The molecular formula is C14H23N3O3. The number of carbonyl (C=O) groups excluding carboxylic acids is 1. The van der Waals surface area contributed by atoms with E-state index in [0.717, 1.165) is 50.4 Å². The standard InChI is InChI=1S/C14H23N3O3/c1-3-12-11(9(2)20-16-12)8-17-6-4-10(5-7-17)13(18)14(15)19/h10,13,18H,3-8H2,1-2H3,(H2,15,19)/t13-/m1/s1. The minimum Gasteiger partial charge on any atom is -0.383 e. The van der Waals surface area contributed by atoms with Crippen LogP contribution in [0, 0.1) is 12.8 Å². The Kier molecular flexibility index (Phi) is 4.77. The summed E-state index contributed by atoms with van der Waals surface area (Å²) in [6.45, 7) is 6.52. The van der Waals surface area contributed by atoms with Crippen LogP contribution in [0.15, 0.2) is 4.52 Å². The highest BCUT2D eigenvalue weighted by atomic mass is 16.5. The number of aliphatic hydroxyl groups is 1. The molecule has 1 saturated heterocycles. The fourth-order valence-electron chi connectivity index (χ4n) is 2.80. The third-order valence-corrected chi connectivity index (χ3v) is 4.15. The molecule has 6 nitrogen and oxygen atoms in total. The summed E-state index contributed by atoms with van der Waals surface area (Å²) in [5.74, 6) is 0.241. The molecule has 0 saturated carbocycles. The summed E-state index contributed by atoms with van der Waals surface area (Å²) in [6.07, 6.45) is 1.43. The van der Waals surface area contributed by atoms with Crippen molar-refractivity contribution in [3.8, 4) is 0 Å². The molecule has 0 bridgehead atoms. The normalized spacial score (nSPS) is 19.1. The van der Waals surface area contributed by atoms with E-state index >= 15 is 0 Å². The molecular weight excluding hydrogens is 258 g/mol. The predicted octanol–water partition coefficient (Wildman–Crippen LogP) is 0.604. The first-order valence-corrected chi connectivity index (χ1v) is 7.16. The van der Waals surface area contributed by atoms with Crippen LogP contribution in [0.25, 0.3) is 0 Å². The van der Waals surface area contributed by atoms with Gasteiger partial charge in [0.1, 0.15) is 11.9 Å². The molecule has 2 heterocycles. The monoisotopic (exact) mass is 281 g/mol. The molecule has 2 rings (SSSR count). The largest absolute Gasteiger partial charge is 0.383 e. The van der Waals surface area contributed by atoms with E-state index in [2.05, 4.69) is 17.0 Å². The lowest BCUT2D eigenvalue weighted by molar-refractivity contribution is -0.129. The predicted molar refractivity (Wildman–Crippen MR) is 73.8 cm³/mol. The van der Waals surface area contributed by atoms with Crippen LogP contribution >= 0.6 is 0 Å². The Morgan fingerprint density at radius 2 is 2.20 bits per heavy atom. The third kappa shape index (κ3) is 3.19. The lowest BCUT2D eigenvalue weighted by atomic mass is 9.90. The van der Waals surface area contributed by atoms with Gasteiger partial charge in [-0.25, -0.2) is 0 Å². The van der Waals surface area contributed by atoms with E-state index < -0.39 is 12.0 Å². The summed E-state index contributed by atoms with van der Waals surface area (Å²) in [7, 11) is 0. The molecule has 1 aromatic rings. The molecule has 0 aromatic carbocycles. The second-order valence-electron chi connectivity index (χ2n) is 5.48. The van der Waals surface area contributed by atoms with Crippen LogP contribution in [-0.4, -0.2) is 40.3 Å². The first kappa shape index (κ1) is 15.0. The van der Waals surface area contributed by atoms with Crippen molar-refractivity contribution in [2.24, 2.45) is 11.7 Å². The molecule has 20 heavy (non-hydrogen) atoms. The van der Waals surface area contributed by atoms with Gasteiger partial charge in [-0.05, 0) is 45.2 Å². The van der Waals surface area contributed by atoms with Crippen molar-refractivity contribution >= 4 is 5.91 Å². The Labute approximate surface area is 118 Å². The van der Waals surface area contributed by atoms with Crippen molar-refractivity contribution in [3.63, 3.8) is 0 Å². The smallest absolute Gasteiger partial charge is 0.246 e. The van der Waals surface area contributed by atoms with Gasteiger partial charge in [0.05, 0.1) is 5.69 Å². The minimum absolute atomic E-state index is 0.0158. The average molecular weight is 281 g/mol. The number of aliphatic hydroxyl groups excluding tert-OH is 1. The summed E-state index contributed by atoms with van der Waals surface area (Å²) in [5, 5.41) is 13.8. The van der Waals surface area contributed by atoms with Crippen LogP contribution in [0.3, 0.4) is 0 Å². The van der Waals surface area contributed by atoms with Gasteiger partial charge in [-0.2, -0.15) is 0 Å². The fourth-order valence-corrected chi connectivity index (χ4v) is 2.80. The topological polar surface area (TPSA) is 92.6 Å². The average Bonchev–Trinajstić information content (AvgIpc) is 2.79. The quantitative estimate of drug-likeness (QED) is 0.824. The van der Waals surface area contributed by atoms with Crippen molar-refractivity contribution in [2.75, 3.05) is 13.1 Å². The van der Waals surface area contributed by atoms with Crippen molar-refractivity contribution in [1.82, 2.24) is 10.1 Å². The molecule has 0 aliphatic carbocycles. The Morgan fingerprint density at radius 1 is 1.55 bits per heavy atom. The summed E-state index contributed by atoms with van der Waals surface area (Å²) in [5.41, 5.74) is 7.33. The third-order valence-electron chi connectivity index (χ3n) is 4.15. The molecule has 1 aliphatic heterocycles. The number of aryl methyl sites for hydroxylation is 2. The molecule has 112 valence electrons. The SMILES string of the molecule is CCc1noc(C)c1CN1CCC([C@@H](O)C(N)=O)CC1. The summed E-state index contributed by atoms with van der Waals surface area (Å²) in [4.78, 5) is 13.3. The first-order chi connectivity index (χ1) is 9.52. The number of likely N-dealkylation sites (tertiary alicyclic amines) is 1. The van der Waals surface area contributed by atoms with Gasteiger partial charge in [0.25, 0.3) is 0 Å². The number of hydrogen-bond donors (Lipinski definition) is 2. The van der Waals surface area contributed by atoms with Crippen LogP contribution in [0.1, 0.15) is 36.8 Å². The minimum atomic E-state index is -1.01. The van der Waals surface area contributed by atoms with Gasteiger partial charge in [-0.15, -0.1) is 0 Å². The number of primary amides is 1. The van der Waals surface area contributed by atoms with Crippen molar-refractivity contribution in [3.05, 3.63) is 17.0 Å². The highest BCUT2D eigenvalue weighted by molar-refractivity contribution is 5.78. The molecule has 1 atom stereocenters. The van der Waals surface area contributed by atoms with Crippen molar-refractivity contribution in [1.29, 1.82) is 0 Å². The summed E-state index contributed by atoms with van der Waals surface area (Å²) in [6, 6.07) is 0. The van der Waals surface area contributed by atoms with Gasteiger partial charge < -0.3 is 15.4 Å². The maximum atomic E-state index is 11.0. The highest BCUT2D eigenvalue weighted by Gasteiger charge is 2.29. The van der Waals surface area contributed by atoms with Gasteiger partial charge in [-0.3, -0.25) is 9.69 Å². The van der Waals surface area contributed by atoms with Gasteiger partial charge in [-0.1, -0.05) is 12.1 Å². The molecule has 0 radical (unpaired) electrons. The van der Waals surface area contributed by atoms with Crippen LogP contribution < -0.4 is 5.73 Å². The van der Waals surface area contributed by atoms with Crippen LogP contribution in [0.5, 0.6) is 0 Å². The van der Waals surface area contributed by atoms with Gasteiger partial charge in [0.15, 0.2) is 0 Å². The number of nitrogens with zero attached hydrogens (tertiary/aromatic N) is 2. The molecule has 1 fully saturated rings. The van der Waals surface area contributed by atoms with Gasteiger partial charge in [0.2, 0.25) is 5.91 Å². The van der Waals surface area contributed by atoms with E-state index in [1.54, 1.807) is 0 Å². The summed E-state index contributed by atoms with van der Waals surface area (Å²) >= 11 is 0. The molecule has 6 heteroatoms. The van der Waals surface area contributed by atoms with E-state index in [0.29, 0.717) is 0 Å². The van der Waals surface area contributed by atoms with E-state index in [9.17, 15) is 9.90 Å². The van der Waals surface area contributed by atoms with Crippen molar-refractivity contribution in [2.45, 2.75) is 45.8 Å². The molecule has 1 amide bonds. The Bertz CT molecular complexity index is 464. The zero-order valence-corrected chi connectivity index (χ0v) is 12.1. The summed E-state index contributed by atoms with van der Waals surface area (Å²) < 4.78 is 5.24. The van der Waals surface area contributed by atoms with Crippen LogP contribution in [-0.2, 0) is 17.8 Å². The number of amides is 1. The van der Waals surface area contributed by atoms with Gasteiger partial charge >= 0.3 is 0 Å². The zero-order chi connectivity index (χ0) is 14.7. The fraction of sp³-hybridized carbons (Fsp3) is 0.714. The van der Waals surface area contributed by atoms with E-state index in [-0.39, 0.29) is 5.92 Å². The second-order valence-corrected chi connectivity index (χ2v) is 5.48. The number of piperidine rings is 1. The Balaban J connectivity index is 1.91. The second kappa shape index (κ2) is 6.37. The molecule has 0 spiro atoms. The highest BCUT2D eigenvalue weighted by Crippen LogP contribution is 2.24. The molecule has 1 aromatic heterocycles. The lowest BCUT2D eigenvalue weighted by Crippen LogP contribution is -2.42. The maximum Gasteiger partial charge on any atom is 0.246 e. The maximum absolute atomic E-state index is 11.0. The number of carbonyl (C=O) groups is 1. The molecule has 0 unspecified atom stereocenters. The number of nitrogens with two attached hydrogens (primary N) is 1. The number of aromatic nitrogens is 1. The van der Waals surface area contributed by atoms with E-state index in [4.69, 9.17) is 10.3 Å². The van der Waals surface area contributed by atoms with E-state index in [1.165, 1.54) is 5.56 Å². The number of hydrogen-bond acceptors (Lipinski definition) is 5. The van der Waals surface area contributed by atoms with E-state index in [1.807, 2.05) is 6.92 Å². The Morgan fingerprint density at radius 3 is 2.75 bits per heavy atom. The Hall–Kier alpha value is -1.40. The zero-order valence-electron chi connectivity index (χ0n) is 12.1. The first-order valence-electron chi connectivity index (χ1n) is 7.16. The molecule has 1 aliphatic rings. The lowest BCUT2D eigenvalue weighted by Gasteiger charge is -2.33. The van der Waals surface area contributed by atoms with Crippen LogP contribution in [0.4, 0.5) is 0 Å². The van der Waals surface area contributed by atoms with Crippen molar-refractivity contribution < 1.29 is 14.4 Å². The van der Waals surface area contributed by atoms with Crippen LogP contribution in [0.2, 0.25) is 0 Å². The molecule has 3 N–H and O–H groups in total. The number of rotatable bonds is 5. The van der Waals surface area contributed by atoms with Gasteiger partial charge in [0, 0.05) is 12.1 Å².